The molecule has 0 radical (unpaired) electrons. The molecule has 0 aromatic rings. The maximum atomic E-state index is 10.4. The van der Waals surface area contributed by atoms with Gasteiger partial charge in [0, 0.05) is 20.0 Å². The largest absolute Gasteiger partial charge is 0.465 e. The van der Waals surface area contributed by atoms with Gasteiger partial charge in [-0.15, -0.1) is 0 Å². The van der Waals surface area contributed by atoms with Crippen molar-refractivity contribution in [3.05, 3.63) is 0 Å². The minimum atomic E-state index is -0.999. The molecule has 1 N–H and O–H groups in total. The second-order valence-electron chi connectivity index (χ2n) is 2.16. The summed E-state index contributed by atoms with van der Waals surface area (Å²) in [5.41, 5.74) is 0. The van der Waals surface area contributed by atoms with Crippen LogP contribution in [0, 0.1) is 0 Å². The van der Waals surface area contributed by atoms with Gasteiger partial charge in [0.2, 0.25) is 0 Å². The number of carbonyl (C=O) groups excluding carboxylic acids is 1. The summed E-state index contributed by atoms with van der Waals surface area (Å²) >= 11 is 0. The second-order valence-corrected chi connectivity index (χ2v) is 2.16. The fourth-order valence-electron chi connectivity index (χ4n) is 0.421. The van der Waals surface area contributed by atoms with E-state index in [2.05, 4.69) is 0 Å². The lowest BCUT2D eigenvalue weighted by Crippen LogP contribution is -2.26. The standard InChI is InChI=1S/C6H11NO3/c1-5(8)3-4-7(2)6(9)10/h3-4H2,1-2H3,(H,9,10). The van der Waals surface area contributed by atoms with Crippen LogP contribution in [0.25, 0.3) is 0 Å². The van der Waals surface area contributed by atoms with Gasteiger partial charge in [-0.1, -0.05) is 0 Å². The summed E-state index contributed by atoms with van der Waals surface area (Å²) in [4.78, 5) is 21.6. The second kappa shape index (κ2) is 3.87. The molecule has 0 heterocycles. The van der Waals surface area contributed by atoms with Crippen LogP contribution in [-0.2, 0) is 4.79 Å². The molecule has 0 aromatic carbocycles. The first-order valence-corrected chi connectivity index (χ1v) is 2.97. The van der Waals surface area contributed by atoms with Crippen LogP contribution < -0.4 is 0 Å². The van der Waals surface area contributed by atoms with Crippen LogP contribution in [0.15, 0.2) is 0 Å². The molecule has 0 spiro atoms. The molecule has 4 heteroatoms. The van der Waals surface area contributed by atoms with E-state index in [0.29, 0.717) is 6.42 Å². The Bertz CT molecular complexity index is 144. The Morgan fingerprint density at radius 2 is 2.00 bits per heavy atom. The molecular weight excluding hydrogens is 134 g/mol. The van der Waals surface area contributed by atoms with Gasteiger partial charge in [-0.2, -0.15) is 0 Å². The van der Waals surface area contributed by atoms with E-state index < -0.39 is 6.09 Å². The highest BCUT2D eigenvalue weighted by Gasteiger charge is 2.04. The lowest BCUT2D eigenvalue weighted by molar-refractivity contribution is -0.117. The minimum Gasteiger partial charge on any atom is -0.465 e. The van der Waals surface area contributed by atoms with Crippen molar-refractivity contribution < 1.29 is 14.7 Å². The molecule has 0 bridgehead atoms. The molecule has 4 nitrogen and oxygen atoms in total. The molecule has 0 rings (SSSR count). The Balaban J connectivity index is 3.49. The van der Waals surface area contributed by atoms with Crippen molar-refractivity contribution in [1.82, 2.24) is 4.90 Å². The summed E-state index contributed by atoms with van der Waals surface area (Å²) in [7, 11) is 1.44. The van der Waals surface area contributed by atoms with Gasteiger partial charge in [-0.3, -0.25) is 4.79 Å². The van der Waals surface area contributed by atoms with E-state index in [1.165, 1.54) is 14.0 Å². The summed E-state index contributed by atoms with van der Waals surface area (Å²) in [6, 6.07) is 0. The Morgan fingerprint density at radius 3 is 2.30 bits per heavy atom. The Hall–Kier alpha value is -1.06. The molecule has 1 amide bonds. The van der Waals surface area contributed by atoms with Crippen LogP contribution in [0.3, 0.4) is 0 Å². The molecule has 0 fully saturated rings. The first-order valence-electron chi connectivity index (χ1n) is 2.97. The molecular formula is C6H11NO3. The van der Waals surface area contributed by atoms with Crippen LogP contribution in [0.5, 0.6) is 0 Å². The topological polar surface area (TPSA) is 57.6 Å². The Morgan fingerprint density at radius 1 is 1.50 bits per heavy atom. The molecule has 0 aromatic heterocycles. The highest BCUT2D eigenvalue weighted by molar-refractivity contribution is 5.76. The van der Waals surface area contributed by atoms with Crippen molar-refractivity contribution in [2.24, 2.45) is 0 Å². The van der Waals surface area contributed by atoms with Crippen molar-refractivity contribution in [3.63, 3.8) is 0 Å². The van der Waals surface area contributed by atoms with Gasteiger partial charge < -0.3 is 10.0 Å². The predicted octanol–water partition coefficient (Wildman–Crippen LogP) is 0.575. The number of hydrogen-bond acceptors (Lipinski definition) is 2. The zero-order valence-electron chi connectivity index (χ0n) is 6.13. The molecule has 10 heavy (non-hydrogen) atoms. The third-order valence-electron chi connectivity index (χ3n) is 1.13. The molecule has 0 atom stereocenters. The number of hydrogen-bond donors (Lipinski definition) is 1. The van der Waals surface area contributed by atoms with Crippen molar-refractivity contribution in [2.45, 2.75) is 13.3 Å². The van der Waals surface area contributed by atoms with Gasteiger partial charge in [-0.05, 0) is 6.92 Å². The summed E-state index contributed by atoms with van der Waals surface area (Å²) in [6.07, 6.45) is -0.704. The summed E-state index contributed by atoms with van der Waals surface area (Å²) in [5.74, 6) is 0.00750. The van der Waals surface area contributed by atoms with Crippen LogP contribution in [0.1, 0.15) is 13.3 Å². The maximum absolute atomic E-state index is 10.4. The normalized spacial score (nSPS) is 9.00. The number of Topliss-reactive ketones (excluding diaryl/α,β-unsaturated/α-hetero) is 1. The highest BCUT2D eigenvalue weighted by Crippen LogP contribution is 1.88. The number of carboxylic acid groups (broad SMARTS) is 1. The Labute approximate surface area is 59.4 Å². The average Bonchev–Trinajstić information content (AvgIpc) is 1.82. The fraction of sp³-hybridized carbons (Fsp3) is 0.667. The third kappa shape index (κ3) is 3.88. The molecule has 58 valence electrons. The van der Waals surface area contributed by atoms with Crippen molar-refractivity contribution in [3.8, 4) is 0 Å². The zero-order valence-corrected chi connectivity index (χ0v) is 6.13. The highest BCUT2D eigenvalue weighted by atomic mass is 16.4. The summed E-state index contributed by atoms with van der Waals surface area (Å²) in [5, 5.41) is 8.31. The Kier molecular flexibility index (Phi) is 3.46. The van der Waals surface area contributed by atoms with E-state index >= 15 is 0 Å². The van der Waals surface area contributed by atoms with Gasteiger partial charge in [0.1, 0.15) is 5.78 Å². The van der Waals surface area contributed by atoms with Gasteiger partial charge in [0.15, 0.2) is 0 Å². The number of ketones is 1. The van der Waals surface area contributed by atoms with Gasteiger partial charge in [0.05, 0.1) is 0 Å². The average molecular weight is 145 g/mol. The molecule has 0 saturated heterocycles. The van der Waals surface area contributed by atoms with Crippen molar-refractivity contribution in [1.29, 1.82) is 0 Å². The zero-order chi connectivity index (χ0) is 8.15. The quantitative estimate of drug-likeness (QED) is 0.631. The van der Waals surface area contributed by atoms with E-state index in [0.717, 1.165) is 4.90 Å². The predicted molar refractivity (Wildman–Crippen MR) is 36.0 cm³/mol. The van der Waals surface area contributed by atoms with Gasteiger partial charge in [0.25, 0.3) is 0 Å². The third-order valence-corrected chi connectivity index (χ3v) is 1.13. The number of rotatable bonds is 3. The maximum Gasteiger partial charge on any atom is 0.407 e. The lowest BCUT2D eigenvalue weighted by atomic mass is 10.3. The first-order chi connectivity index (χ1) is 4.54. The smallest absolute Gasteiger partial charge is 0.407 e. The minimum absolute atomic E-state index is 0.00750. The molecule has 0 aliphatic heterocycles. The van der Waals surface area contributed by atoms with Crippen LogP contribution in [-0.4, -0.2) is 35.5 Å². The van der Waals surface area contributed by atoms with Crippen molar-refractivity contribution in [2.75, 3.05) is 13.6 Å². The number of nitrogens with zero attached hydrogens (tertiary/aromatic N) is 1. The SMILES string of the molecule is CC(=O)CCN(C)C(=O)O. The first kappa shape index (κ1) is 8.94. The molecule has 0 unspecified atom stereocenters. The number of carbonyl (C=O) groups is 2. The van der Waals surface area contributed by atoms with Gasteiger partial charge in [-0.25, -0.2) is 4.79 Å². The number of amides is 1. The van der Waals surface area contributed by atoms with E-state index in [-0.39, 0.29) is 12.3 Å². The monoisotopic (exact) mass is 145 g/mol. The molecule has 0 aliphatic rings. The lowest BCUT2D eigenvalue weighted by Gasteiger charge is -2.10. The van der Waals surface area contributed by atoms with E-state index in [4.69, 9.17) is 5.11 Å². The van der Waals surface area contributed by atoms with E-state index in [1.807, 2.05) is 0 Å². The van der Waals surface area contributed by atoms with E-state index in [9.17, 15) is 9.59 Å². The molecule has 0 saturated carbocycles. The van der Waals surface area contributed by atoms with Gasteiger partial charge >= 0.3 is 6.09 Å². The van der Waals surface area contributed by atoms with Crippen molar-refractivity contribution >= 4 is 11.9 Å². The van der Waals surface area contributed by atoms with Crippen LogP contribution >= 0.6 is 0 Å². The van der Waals surface area contributed by atoms with Crippen LogP contribution in [0.4, 0.5) is 4.79 Å². The summed E-state index contributed by atoms with van der Waals surface area (Å²) < 4.78 is 0. The molecule has 0 aliphatic carbocycles. The summed E-state index contributed by atoms with van der Waals surface area (Å²) in [6.45, 7) is 1.72. The van der Waals surface area contributed by atoms with Crippen LogP contribution in [0.2, 0.25) is 0 Å². The van der Waals surface area contributed by atoms with E-state index in [1.54, 1.807) is 0 Å². The fourth-order valence-corrected chi connectivity index (χ4v) is 0.421.